The molecule has 16 nitrogen and oxygen atoms in total. The van der Waals surface area contributed by atoms with Crippen LogP contribution in [0.1, 0.15) is 252 Å². The first kappa shape index (κ1) is 91.9. The Morgan fingerprint density at radius 2 is 0.515 bits per heavy atom. The second-order valence-electron chi connectivity index (χ2n) is 23.6. The van der Waals surface area contributed by atoms with E-state index >= 15 is 0 Å². The summed E-state index contributed by atoms with van der Waals surface area (Å²) >= 11 is 0. The minimum absolute atomic E-state index is 0.0814. The van der Waals surface area contributed by atoms with Gasteiger partial charge in [-0.2, -0.15) is 0 Å². The molecule has 0 aliphatic heterocycles. The molecule has 0 rings (SSSR count). The summed E-state index contributed by atoms with van der Waals surface area (Å²) in [5.74, 6) is -1.64. The van der Waals surface area contributed by atoms with E-state index in [4.69, 9.17) is 32.3 Å². The average Bonchev–Trinajstić information content (AvgIpc) is 3.63. The number of phosphoric ester groups is 2. The predicted octanol–water partition coefficient (Wildman–Crippen LogP) is 20.9. The minimum atomic E-state index is -4.95. The third-order valence-electron chi connectivity index (χ3n) is 14.4. The van der Waals surface area contributed by atoms with Crippen LogP contribution in [0.4, 0.5) is 0 Å². The lowest BCUT2D eigenvalue weighted by Crippen LogP contribution is -2.30. The first-order valence-corrected chi connectivity index (χ1v) is 39.4. The van der Waals surface area contributed by atoms with E-state index in [1.807, 2.05) is 0 Å². The van der Waals surface area contributed by atoms with E-state index in [2.05, 4.69) is 191 Å². The fourth-order valence-electron chi connectivity index (χ4n) is 8.97. The van der Waals surface area contributed by atoms with E-state index in [0.717, 1.165) is 193 Å². The van der Waals surface area contributed by atoms with Crippen LogP contribution in [0, 0.1) is 0 Å². The molecule has 0 fully saturated rings. The van der Waals surface area contributed by atoms with Gasteiger partial charge in [-0.05, 0) is 148 Å². The molecular weight excluding hydrogens is 1270 g/mol. The molecule has 0 aliphatic rings. The summed E-state index contributed by atoms with van der Waals surface area (Å²) in [6.45, 7) is 2.25. The van der Waals surface area contributed by atoms with Crippen LogP contribution in [0.2, 0.25) is 0 Å². The molecule has 0 aromatic heterocycles. The van der Waals surface area contributed by atoms with E-state index in [1.165, 1.54) is 0 Å². The molecule has 5 unspecified atom stereocenters. The fourth-order valence-corrected chi connectivity index (χ4v) is 10.6. The Morgan fingerprint density at radius 1 is 0.289 bits per heavy atom. The number of carbonyl (C=O) groups excluding carboxylic acids is 3. The van der Waals surface area contributed by atoms with Crippen molar-refractivity contribution in [1.29, 1.82) is 0 Å². The molecule has 0 saturated heterocycles. The zero-order valence-corrected chi connectivity index (χ0v) is 61.5. The number of rotatable bonds is 67. The lowest BCUT2D eigenvalue weighted by Gasteiger charge is -2.21. The molecule has 0 aliphatic carbocycles. The molecule has 0 amide bonds. The molecular formula is C79H128O16P2. The molecule has 0 aromatic carbocycles. The largest absolute Gasteiger partial charge is 0.472 e. The maximum Gasteiger partial charge on any atom is 0.472 e. The molecule has 18 heteroatoms. The Kier molecular flexibility index (Phi) is 67.0. The Bertz CT molecular complexity index is 2440. The van der Waals surface area contributed by atoms with E-state index in [9.17, 15) is 43.5 Å². The lowest BCUT2D eigenvalue weighted by molar-refractivity contribution is -0.161. The smallest absolute Gasteiger partial charge is 0.463 e. The van der Waals surface area contributed by atoms with Gasteiger partial charge in [-0.1, -0.05) is 255 Å². The van der Waals surface area contributed by atoms with E-state index in [0.29, 0.717) is 19.3 Å². The summed E-state index contributed by atoms with van der Waals surface area (Å²) in [5.41, 5.74) is 0. The summed E-state index contributed by atoms with van der Waals surface area (Å²) in [6.07, 6.45) is 88.2. The summed E-state index contributed by atoms with van der Waals surface area (Å²) < 4.78 is 61.0. The standard InChI is InChI=1S/C79H128O16P2/c1-4-7-10-13-16-19-22-25-28-31-33-35-36-38-40-42-44-47-50-53-56-59-62-65-77(82)89-68-74(80)69-91-96(85,86)92-70-75(81)71-93-97(87,88)94-73-76(95-79(84)67-64-61-58-55-52-49-46-41-30-27-24-21-18-15-12-9-6-3)72-90-78(83)66-63-60-57-54-51-48-45-43-39-37-34-32-29-26-23-20-17-14-11-8-5-2/h7-12,16-21,25-30,33-35,37-38,40,43-45,47,74-76,80-81H,4-6,13-15,22-24,31-32,36,39,41-42,46,48-73H2,1-3H3,(H,85,86)(H,87,88)/b10-7-,11-8-,12-9-,19-16-,20-17-,21-18-,28-25-,29-26-,30-27-,35-33-,37-34-,40-38-,45-43-,47-44-. The maximum atomic E-state index is 13.0. The van der Waals surface area contributed by atoms with Crippen molar-refractivity contribution in [3.63, 3.8) is 0 Å². The molecule has 0 bridgehead atoms. The van der Waals surface area contributed by atoms with Gasteiger partial charge in [0.05, 0.1) is 26.4 Å². The highest BCUT2D eigenvalue weighted by Crippen LogP contribution is 2.45. The Morgan fingerprint density at radius 3 is 0.814 bits per heavy atom. The monoisotopic (exact) mass is 1390 g/mol. The van der Waals surface area contributed by atoms with Crippen LogP contribution >= 0.6 is 15.6 Å². The van der Waals surface area contributed by atoms with Gasteiger partial charge >= 0.3 is 33.6 Å². The van der Waals surface area contributed by atoms with Gasteiger partial charge in [0.1, 0.15) is 25.4 Å². The fraction of sp³-hybridized carbons (Fsp3) is 0.608. The van der Waals surface area contributed by atoms with Gasteiger partial charge in [0.2, 0.25) is 0 Å². The summed E-state index contributed by atoms with van der Waals surface area (Å²) in [4.78, 5) is 58.6. The number of unbranched alkanes of at least 4 members (excludes halogenated alkanes) is 16. The number of aliphatic hydroxyl groups is 2. The van der Waals surface area contributed by atoms with Crippen LogP contribution in [-0.2, 0) is 55.8 Å². The highest BCUT2D eigenvalue weighted by molar-refractivity contribution is 7.47. The molecule has 4 N–H and O–H groups in total. The van der Waals surface area contributed by atoms with Crippen LogP contribution in [0.15, 0.2) is 170 Å². The average molecular weight is 1400 g/mol. The molecule has 5 atom stereocenters. The van der Waals surface area contributed by atoms with Gasteiger partial charge in [0.15, 0.2) is 6.10 Å². The van der Waals surface area contributed by atoms with E-state index in [-0.39, 0.29) is 19.3 Å². The zero-order valence-electron chi connectivity index (χ0n) is 59.7. The second kappa shape index (κ2) is 70.8. The molecule has 0 spiro atoms. The van der Waals surface area contributed by atoms with Crippen LogP contribution in [-0.4, -0.2) is 95.9 Å². The van der Waals surface area contributed by atoms with Gasteiger partial charge in [-0.15, -0.1) is 0 Å². The predicted molar refractivity (Wildman–Crippen MR) is 398 cm³/mol. The zero-order chi connectivity index (χ0) is 70.9. The number of carbonyl (C=O) groups is 3. The van der Waals surface area contributed by atoms with Gasteiger partial charge in [0, 0.05) is 19.3 Å². The highest BCUT2D eigenvalue weighted by atomic mass is 31.2. The third kappa shape index (κ3) is 72.0. The number of phosphoric acid groups is 2. The quantitative estimate of drug-likeness (QED) is 0.0146. The Hall–Kier alpha value is -5.09. The number of allylic oxidation sites excluding steroid dienone is 28. The van der Waals surface area contributed by atoms with Crippen LogP contribution in [0.3, 0.4) is 0 Å². The molecule has 0 saturated carbocycles. The summed E-state index contributed by atoms with van der Waals surface area (Å²) in [5, 5.41) is 20.6. The summed E-state index contributed by atoms with van der Waals surface area (Å²) in [7, 11) is -9.82. The number of hydrogen-bond acceptors (Lipinski definition) is 14. The van der Waals surface area contributed by atoms with Crippen molar-refractivity contribution in [3.8, 4) is 0 Å². The lowest BCUT2D eigenvalue weighted by atomic mass is 10.1. The van der Waals surface area contributed by atoms with Crippen molar-refractivity contribution in [2.75, 3.05) is 39.6 Å². The van der Waals surface area contributed by atoms with Crippen molar-refractivity contribution in [3.05, 3.63) is 170 Å². The Balaban J connectivity index is 4.74. The molecule has 0 heterocycles. The second-order valence-corrected chi connectivity index (χ2v) is 26.5. The third-order valence-corrected chi connectivity index (χ3v) is 16.3. The number of esters is 3. The number of ether oxygens (including phenoxy) is 3. The van der Waals surface area contributed by atoms with Crippen molar-refractivity contribution in [2.24, 2.45) is 0 Å². The molecule has 0 aromatic rings. The van der Waals surface area contributed by atoms with E-state index < -0.39 is 91.5 Å². The van der Waals surface area contributed by atoms with Crippen molar-refractivity contribution < 1.29 is 75.8 Å². The minimum Gasteiger partial charge on any atom is -0.463 e. The van der Waals surface area contributed by atoms with Gasteiger partial charge < -0.3 is 34.2 Å². The van der Waals surface area contributed by atoms with Crippen molar-refractivity contribution in [2.45, 2.75) is 270 Å². The van der Waals surface area contributed by atoms with Crippen LogP contribution < -0.4 is 0 Å². The van der Waals surface area contributed by atoms with Crippen LogP contribution in [0.5, 0.6) is 0 Å². The normalized spacial score (nSPS) is 15.1. The van der Waals surface area contributed by atoms with Gasteiger partial charge in [-0.25, -0.2) is 9.13 Å². The summed E-state index contributed by atoms with van der Waals surface area (Å²) in [6, 6.07) is 0. The van der Waals surface area contributed by atoms with E-state index in [1.54, 1.807) is 0 Å². The SMILES string of the molecule is CC/C=C\C/C=C\C/C=C\C/C=C\C/C=C\C/C=C\CCCCCCC(=O)OCC(O)COP(=O)(O)OCC(O)COP(=O)(O)OCC(COC(=O)CCCCCCC/C=C\C/C=C\C/C=C\C/C=C\C/C=C\CC)OC(=O)CCCCCCCCC/C=C\C/C=C\C/C=C\CC. The van der Waals surface area contributed by atoms with Crippen molar-refractivity contribution in [1.82, 2.24) is 0 Å². The molecule has 550 valence electrons. The van der Waals surface area contributed by atoms with Crippen molar-refractivity contribution >= 4 is 33.6 Å². The topological polar surface area (TPSA) is 231 Å². The molecule has 0 radical (unpaired) electrons. The Labute approximate surface area is 586 Å². The van der Waals surface area contributed by atoms with Crippen LogP contribution in [0.25, 0.3) is 0 Å². The first-order chi connectivity index (χ1) is 47.2. The molecule has 97 heavy (non-hydrogen) atoms. The highest BCUT2D eigenvalue weighted by Gasteiger charge is 2.29. The van der Waals surface area contributed by atoms with Gasteiger partial charge in [-0.3, -0.25) is 32.5 Å². The maximum absolute atomic E-state index is 13.0. The van der Waals surface area contributed by atoms with Gasteiger partial charge in [0.25, 0.3) is 0 Å². The number of hydrogen-bond donors (Lipinski definition) is 4. The first-order valence-electron chi connectivity index (χ1n) is 36.4. The number of aliphatic hydroxyl groups excluding tert-OH is 2.